The number of amides is 1. The van der Waals surface area contributed by atoms with E-state index in [-0.39, 0.29) is 5.91 Å². The first-order valence-corrected chi connectivity index (χ1v) is 6.86. The molecular formula is C15H21NO3. The molecule has 0 unspecified atom stereocenters. The van der Waals surface area contributed by atoms with Crippen molar-refractivity contribution in [1.29, 1.82) is 0 Å². The van der Waals surface area contributed by atoms with E-state index in [4.69, 9.17) is 9.47 Å². The molecular weight excluding hydrogens is 242 g/mol. The Hall–Kier alpha value is -1.71. The fraction of sp³-hybridized carbons (Fsp3) is 0.533. The normalized spacial score (nSPS) is 13.2. The van der Waals surface area contributed by atoms with Gasteiger partial charge in [-0.3, -0.25) is 4.79 Å². The Balaban J connectivity index is 1.95. The number of fused-ring (bicyclic) bond motifs is 1. The van der Waals surface area contributed by atoms with E-state index < -0.39 is 0 Å². The Morgan fingerprint density at radius 2 is 1.95 bits per heavy atom. The quantitative estimate of drug-likeness (QED) is 0.886. The summed E-state index contributed by atoms with van der Waals surface area (Å²) < 4.78 is 11.1. The van der Waals surface area contributed by atoms with Gasteiger partial charge in [-0.2, -0.15) is 0 Å². The molecule has 4 nitrogen and oxygen atoms in total. The highest BCUT2D eigenvalue weighted by Gasteiger charge is 2.14. The predicted octanol–water partition coefficient (Wildman–Crippen LogP) is 2.23. The third kappa shape index (κ3) is 3.63. The molecule has 1 aromatic carbocycles. The molecule has 0 aromatic heterocycles. The molecule has 1 amide bonds. The molecule has 0 saturated carbocycles. The van der Waals surface area contributed by atoms with Gasteiger partial charge in [0.2, 0.25) is 5.91 Å². The average molecular weight is 263 g/mol. The first-order valence-electron chi connectivity index (χ1n) is 6.86. The van der Waals surface area contributed by atoms with Crippen LogP contribution in [-0.4, -0.2) is 25.7 Å². The Bertz CT molecular complexity index is 457. The number of carbonyl (C=O) groups excluding carboxylic acids is 1. The van der Waals surface area contributed by atoms with Gasteiger partial charge in [-0.05, 0) is 43.0 Å². The molecule has 0 radical (unpaired) electrons. The SMILES string of the molecule is CCCC(=O)NCCc1cc2c(cc1C)OCCO2. The third-order valence-electron chi connectivity index (χ3n) is 3.19. The Labute approximate surface area is 114 Å². The highest BCUT2D eigenvalue weighted by Crippen LogP contribution is 2.33. The molecule has 0 spiro atoms. The predicted molar refractivity (Wildman–Crippen MR) is 73.8 cm³/mol. The smallest absolute Gasteiger partial charge is 0.219 e. The maximum absolute atomic E-state index is 11.4. The molecule has 1 N–H and O–H groups in total. The minimum atomic E-state index is 0.123. The van der Waals surface area contributed by atoms with E-state index in [1.54, 1.807) is 0 Å². The van der Waals surface area contributed by atoms with Crippen LogP contribution in [0.3, 0.4) is 0 Å². The Kier molecular flexibility index (Phi) is 4.66. The fourth-order valence-electron chi connectivity index (χ4n) is 2.15. The van der Waals surface area contributed by atoms with Crippen LogP contribution in [0.5, 0.6) is 11.5 Å². The number of rotatable bonds is 5. The summed E-state index contributed by atoms with van der Waals surface area (Å²) in [6, 6.07) is 4.04. The summed E-state index contributed by atoms with van der Waals surface area (Å²) in [7, 11) is 0. The second kappa shape index (κ2) is 6.45. The fourth-order valence-corrected chi connectivity index (χ4v) is 2.15. The van der Waals surface area contributed by atoms with Gasteiger partial charge in [0.25, 0.3) is 0 Å². The van der Waals surface area contributed by atoms with E-state index in [9.17, 15) is 4.79 Å². The summed E-state index contributed by atoms with van der Waals surface area (Å²) in [6.45, 7) is 5.94. The Morgan fingerprint density at radius 1 is 1.26 bits per heavy atom. The summed E-state index contributed by atoms with van der Waals surface area (Å²) in [5.41, 5.74) is 2.37. The van der Waals surface area contributed by atoms with Crippen LogP contribution in [0.15, 0.2) is 12.1 Å². The van der Waals surface area contributed by atoms with E-state index in [0.29, 0.717) is 26.2 Å². The van der Waals surface area contributed by atoms with Gasteiger partial charge in [-0.25, -0.2) is 0 Å². The van der Waals surface area contributed by atoms with Crippen LogP contribution in [0.1, 0.15) is 30.9 Å². The molecule has 19 heavy (non-hydrogen) atoms. The highest BCUT2D eigenvalue weighted by atomic mass is 16.6. The molecule has 1 aliphatic heterocycles. The number of hydrogen-bond donors (Lipinski definition) is 1. The van der Waals surface area contributed by atoms with Crippen molar-refractivity contribution >= 4 is 5.91 Å². The zero-order valence-electron chi connectivity index (χ0n) is 11.6. The molecule has 2 rings (SSSR count). The van der Waals surface area contributed by atoms with E-state index in [0.717, 1.165) is 24.3 Å². The van der Waals surface area contributed by atoms with Crippen molar-refractivity contribution in [1.82, 2.24) is 5.32 Å². The van der Waals surface area contributed by atoms with Gasteiger partial charge in [-0.15, -0.1) is 0 Å². The molecule has 0 bridgehead atoms. The lowest BCUT2D eigenvalue weighted by Crippen LogP contribution is -2.25. The monoisotopic (exact) mass is 263 g/mol. The van der Waals surface area contributed by atoms with E-state index in [1.807, 2.05) is 19.1 Å². The van der Waals surface area contributed by atoms with Crippen molar-refractivity contribution in [2.24, 2.45) is 0 Å². The summed E-state index contributed by atoms with van der Waals surface area (Å²) in [6.07, 6.45) is 2.30. The first-order chi connectivity index (χ1) is 9.20. The minimum absolute atomic E-state index is 0.123. The molecule has 104 valence electrons. The van der Waals surface area contributed by atoms with Crippen LogP contribution in [0.2, 0.25) is 0 Å². The van der Waals surface area contributed by atoms with Crippen LogP contribution in [0.25, 0.3) is 0 Å². The van der Waals surface area contributed by atoms with Crippen molar-refractivity contribution in [2.45, 2.75) is 33.1 Å². The third-order valence-corrected chi connectivity index (χ3v) is 3.19. The van der Waals surface area contributed by atoms with Crippen molar-refractivity contribution in [3.8, 4) is 11.5 Å². The summed E-state index contributed by atoms with van der Waals surface area (Å²) in [4.78, 5) is 11.4. The molecule has 0 aliphatic carbocycles. The molecule has 0 fully saturated rings. The first kappa shape index (κ1) is 13.7. The largest absolute Gasteiger partial charge is 0.486 e. The molecule has 1 aliphatic rings. The second-order valence-electron chi connectivity index (χ2n) is 4.77. The van der Waals surface area contributed by atoms with Crippen molar-refractivity contribution in [3.63, 3.8) is 0 Å². The minimum Gasteiger partial charge on any atom is -0.486 e. The van der Waals surface area contributed by atoms with Crippen molar-refractivity contribution in [3.05, 3.63) is 23.3 Å². The lowest BCUT2D eigenvalue weighted by atomic mass is 10.0. The summed E-state index contributed by atoms with van der Waals surface area (Å²) in [5.74, 6) is 1.76. The average Bonchev–Trinajstić information content (AvgIpc) is 2.39. The van der Waals surface area contributed by atoms with Crippen LogP contribution in [-0.2, 0) is 11.2 Å². The Morgan fingerprint density at radius 3 is 2.63 bits per heavy atom. The molecule has 1 heterocycles. The highest BCUT2D eigenvalue weighted by molar-refractivity contribution is 5.75. The van der Waals surface area contributed by atoms with Crippen molar-refractivity contribution in [2.75, 3.05) is 19.8 Å². The number of hydrogen-bond acceptors (Lipinski definition) is 3. The molecule has 4 heteroatoms. The lowest BCUT2D eigenvalue weighted by molar-refractivity contribution is -0.121. The number of ether oxygens (including phenoxy) is 2. The van der Waals surface area contributed by atoms with E-state index in [2.05, 4.69) is 12.2 Å². The van der Waals surface area contributed by atoms with Crippen LogP contribution >= 0.6 is 0 Å². The second-order valence-corrected chi connectivity index (χ2v) is 4.77. The maximum atomic E-state index is 11.4. The zero-order valence-corrected chi connectivity index (χ0v) is 11.6. The zero-order chi connectivity index (χ0) is 13.7. The van der Waals surface area contributed by atoms with Gasteiger partial charge in [-0.1, -0.05) is 6.92 Å². The summed E-state index contributed by atoms with van der Waals surface area (Å²) >= 11 is 0. The van der Waals surface area contributed by atoms with E-state index in [1.165, 1.54) is 11.1 Å². The number of carbonyl (C=O) groups is 1. The lowest BCUT2D eigenvalue weighted by Gasteiger charge is -2.20. The molecule has 0 saturated heterocycles. The number of aryl methyl sites for hydroxylation is 1. The van der Waals surface area contributed by atoms with Gasteiger partial charge in [0.1, 0.15) is 13.2 Å². The van der Waals surface area contributed by atoms with E-state index >= 15 is 0 Å². The van der Waals surface area contributed by atoms with Crippen LogP contribution < -0.4 is 14.8 Å². The standard InChI is InChI=1S/C15H21NO3/c1-3-4-15(17)16-6-5-12-10-14-13(9-11(12)2)18-7-8-19-14/h9-10H,3-8H2,1-2H3,(H,16,17). The maximum Gasteiger partial charge on any atom is 0.219 e. The van der Waals surface area contributed by atoms with Crippen LogP contribution in [0.4, 0.5) is 0 Å². The van der Waals surface area contributed by atoms with Gasteiger partial charge in [0.15, 0.2) is 11.5 Å². The van der Waals surface area contributed by atoms with Gasteiger partial charge < -0.3 is 14.8 Å². The topological polar surface area (TPSA) is 47.6 Å². The van der Waals surface area contributed by atoms with Gasteiger partial charge in [0.05, 0.1) is 0 Å². The molecule has 1 aromatic rings. The number of nitrogens with one attached hydrogen (secondary N) is 1. The summed E-state index contributed by atoms with van der Waals surface area (Å²) in [5, 5.41) is 2.93. The van der Waals surface area contributed by atoms with Crippen molar-refractivity contribution < 1.29 is 14.3 Å². The molecule has 0 atom stereocenters. The van der Waals surface area contributed by atoms with Gasteiger partial charge >= 0.3 is 0 Å². The number of benzene rings is 1. The van der Waals surface area contributed by atoms with Gasteiger partial charge in [0, 0.05) is 13.0 Å². The van der Waals surface area contributed by atoms with Crippen LogP contribution in [0, 0.1) is 6.92 Å².